The Hall–Kier alpha value is -2.38. The molecule has 0 saturated heterocycles. The maximum absolute atomic E-state index is 12.5. The number of nitrogens with zero attached hydrogens (tertiary/aromatic N) is 1. The molecule has 0 aromatic heterocycles. The van der Waals surface area contributed by atoms with Crippen LogP contribution in [0, 0.1) is 10.1 Å². The number of allylic oxidation sites excluding steroid dienone is 1. The quantitative estimate of drug-likeness (QED) is 0.465. The van der Waals surface area contributed by atoms with Gasteiger partial charge in [-0.15, -0.1) is 0 Å². The van der Waals surface area contributed by atoms with Gasteiger partial charge in [-0.2, -0.15) is 8.42 Å². The van der Waals surface area contributed by atoms with Gasteiger partial charge in [0.1, 0.15) is 0 Å². The monoisotopic (exact) mass is 365 g/mol. The van der Waals surface area contributed by atoms with E-state index in [1.165, 1.54) is 6.07 Å². The maximum Gasteiger partial charge on any atom is 0.335 e. The summed E-state index contributed by atoms with van der Waals surface area (Å²) in [5, 5.41) is 10.6. The second-order valence-corrected chi connectivity index (χ2v) is 7.23. The number of nitro benzene ring substituents is 1. The molecule has 124 valence electrons. The van der Waals surface area contributed by atoms with Crippen molar-refractivity contribution >= 4 is 33.5 Å². The number of non-ortho nitro benzene ring substituents is 1. The van der Waals surface area contributed by atoms with Crippen molar-refractivity contribution in [3.63, 3.8) is 0 Å². The van der Waals surface area contributed by atoms with Crippen LogP contribution >= 0.6 is 11.6 Å². The lowest BCUT2D eigenvalue weighted by atomic mass is 9.98. The summed E-state index contributed by atoms with van der Waals surface area (Å²) in [4.78, 5) is 10.2. The van der Waals surface area contributed by atoms with E-state index in [1.54, 1.807) is 6.08 Å². The number of rotatable bonds is 4. The Labute approximate surface area is 143 Å². The van der Waals surface area contributed by atoms with Crippen LogP contribution in [0.4, 0.5) is 5.69 Å². The molecule has 3 rings (SSSR count). The van der Waals surface area contributed by atoms with Crippen LogP contribution in [-0.4, -0.2) is 13.3 Å². The van der Waals surface area contributed by atoms with Crippen LogP contribution in [0.5, 0.6) is 5.75 Å². The summed E-state index contributed by atoms with van der Waals surface area (Å²) >= 11 is 5.89. The van der Waals surface area contributed by atoms with E-state index < -0.39 is 15.0 Å². The van der Waals surface area contributed by atoms with Crippen molar-refractivity contribution in [2.24, 2.45) is 0 Å². The van der Waals surface area contributed by atoms with Crippen LogP contribution in [0.15, 0.2) is 47.4 Å². The zero-order valence-electron chi connectivity index (χ0n) is 12.3. The molecule has 8 heteroatoms. The van der Waals surface area contributed by atoms with Crippen LogP contribution in [0.2, 0.25) is 5.02 Å². The topological polar surface area (TPSA) is 86.5 Å². The van der Waals surface area contributed by atoms with Gasteiger partial charge in [-0.3, -0.25) is 10.1 Å². The molecule has 1 aliphatic rings. The van der Waals surface area contributed by atoms with Crippen molar-refractivity contribution in [1.82, 2.24) is 0 Å². The smallest absolute Gasteiger partial charge is 0.335 e. The second-order valence-electron chi connectivity index (χ2n) is 5.22. The number of halogens is 1. The van der Waals surface area contributed by atoms with Gasteiger partial charge in [-0.25, -0.2) is 0 Å². The first-order valence-corrected chi connectivity index (χ1v) is 8.82. The van der Waals surface area contributed by atoms with Crippen LogP contribution in [-0.2, 0) is 16.5 Å². The lowest BCUT2D eigenvalue weighted by Gasteiger charge is -2.17. The lowest BCUT2D eigenvalue weighted by molar-refractivity contribution is -0.384. The molecule has 2 aromatic carbocycles. The number of hydrogen-bond donors (Lipinski definition) is 0. The third-order valence-corrected chi connectivity index (χ3v) is 5.32. The molecule has 0 N–H and O–H groups in total. The average molecular weight is 366 g/mol. The number of aryl methyl sites for hydroxylation is 1. The van der Waals surface area contributed by atoms with Gasteiger partial charge in [-0.1, -0.05) is 35.9 Å². The summed E-state index contributed by atoms with van der Waals surface area (Å²) in [5.41, 5.74) is 1.67. The van der Waals surface area contributed by atoms with E-state index in [4.69, 9.17) is 15.8 Å². The number of fused-ring (bicyclic) bond motifs is 1. The molecule has 0 bridgehead atoms. The molecule has 0 fully saturated rings. The highest BCUT2D eigenvalue weighted by atomic mass is 35.5. The van der Waals surface area contributed by atoms with Gasteiger partial charge in [0.15, 0.2) is 5.75 Å². The SMILES string of the molecule is O=[N+]([O-])c1ccc(OS(=O)(=O)C2=Cc3ccccc3CC2)c(Cl)c1. The molecule has 0 radical (unpaired) electrons. The van der Waals surface area contributed by atoms with Crippen molar-refractivity contribution in [3.8, 4) is 5.75 Å². The molecule has 0 spiro atoms. The molecular formula is C16H12ClNO5S. The maximum atomic E-state index is 12.5. The van der Waals surface area contributed by atoms with Gasteiger partial charge in [-0.05, 0) is 36.1 Å². The predicted octanol–water partition coefficient (Wildman–Crippen LogP) is 3.94. The molecule has 0 atom stereocenters. The van der Waals surface area contributed by atoms with Gasteiger partial charge >= 0.3 is 10.1 Å². The van der Waals surface area contributed by atoms with Crippen molar-refractivity contribution in [3.05, 3.63) is 73.6 Å². The summed E-state index contributed by atoms with van der Waals surface area (Å²) < 4.78 is 30.0. The Morgan fingerprint density at radius 1 is 1.12 bits per heavy atom. The average Bonchev–Trinajstić information content (AvgIpc) is 2.56. The fraction of sp³-hybridized carbons (Fsp3) is 0.125. The number of benzene rings is 2. The van der Waals surface area contributed by atoms with E-state index in [-0.39, 0.29) is 21.4 Å². The third kappa shape index (κ3) is 3.27. The van der Waals surface area contributed by atoms with Gasteiger partial charge in [0, 0.05) is 12.1 Å². The predicted molar refractivity (Wildman–Crippen MR) is 90.4 cm³/mol. The van der Waals surface area contributed by atoms with Crippen LogP contribution in [0.1, 0.15) is 17.5 Å². The first kappa shape index (κ1) is 16.5. The molecule has 6 nitrogen and oxygen atoms in total. The number of nitro groups is 1. The van der Waals surface area contributed by atoms with E-state index in [1.807, 2.05) is 24.3 Å². The standard InChI is InChI=1S/C16H12ClNO5S/c17-15-10-13(18(19)20)6-8-16(15)23-24(21,22)14-7-5-11-3-1-2-4-12(11)9-14/h1-4,6,8-10H,5,7H2. The van der Waals surface area contributed by atoms with Crippen LogP contribution in [0.25, 0.3) is 6.08 Å². The Kier molecular flexibility index (Phi) is 4.29. The molecule has 24 heavy (non-hydrogen) atoms. The minimum Gasteiger partial charge on any atom is -0.378 e. The van der Waals surface area contributed by atoms with Gasteiger partial charge in [0.25, 0.3) is 5.69 Å². The first-order chi connectivity index (χ1) is 11.4. The van der Waals surface area contributed by atoms with E-state index in [9.17, 15) is 18.5 Å². The molecule has 0 saturated carbocycles. The summed E-state index contributed by atoms with van der Waals surface area (Å²) in [7, 11) is -4.03. The fourth-order valence-electron chi connectivity index (χ4n) is 2.45. The Balaban J connectivity index is 1.90. The molecule has 0 heterocycles. The Morgan fingerprint density at radius 3 is 2.58 bits per heavy atom. The van der Waals surface area contributed by atoms with Crippen molar-refractivity contribution < 1.29 is 17.5 Å². The van der Waals surface area contributed by atoms with Gasteiger partial charge < -0.3 is 4.18 Å². The third-order valence-electron chi connectivity index (χ3n) is 3.66. The molecule has 0 amide bonds. The zero-order chi connectivity index (χ0) is 17.3. The van der Waals surface area contributed by atoms with Crippen molar-refractivity contribution in [1.29, 1.82) is 0 Å². The summed E-state index contributed by atoms with van der Waals surface area (Å²) in [6.45, 7) is 0. The van der Waals surface area contributed by atoms with Gasteiger partial charge in [0.05, 0.1) is 14.9 Å². The minimum absolute atomic E-state index is 0.135. The summed E-state index contributed by atoms with van der Waals surface area (Å²) in [6, 6.07) is 10.9. The normalized spacial score (nSPS) is 13.8. The van der Waals surface area contributed by atoms with E-state index >= 15 is 0 Å². The largest absolute Gasteiger partial charge is 0.378 e. The number of hydrogen-bond acceptors (Lipinski definition) is 5. The Bertz CT molecular complexity index is 953. The van der Waals surface area contributed by atoms with Crippen molar-refractivity contribution in [2.75, 3.05) is 0 Å². The molecule has 2 aromatic rings. The molecule has 0 aliphatic heterocycles. The van der Waals surface area contributed by atoms with E-state index in [2.05, 4.69) is 0 Å². The van der Waals surface area contributed by atoms with Crippen LogP contribution in [0.3, 0.4) is 0 Å². The summed E-state index contributed by atoms with van der Waals surface area (Å²) in [5.74, 6) is -0.137. The zero-order valence-corrected chi connectivity index (χ0v) is 13.9. The first-order valence-electron chi connectivity index (χ1n) is 7.04. The van der Waals surface area contributed by atoms with Crippen molar-refractivity contribution in [2.45, 2.75) is 12.8 Å². The van der Waals surface area contributed by atoms with Crippen LogP contribution < -0.4 is 4.18 Å². The fourth-order valence-corrected chi connectivity index (χ4v) is 3.82. The lowest BCUT2D eigenvalue weighted by Crippen LogP contribution is -2.15. The molecular weight excluding hydrogens is 354 g/mol. The Morgan fingerprint density at radius 2 is 1.88 bits per heavy atom. The summed E-state index contributed by atoms with van der Waals surface area (Å²) in [6.07, 6.45) is 2.50. The molecule has 0 unspecified atom stereocenters. The second kappa shape index (κ2) is 6.26. The molecule has 1 aliphatic carbocycles. The van der Waals surface area contributed by atoms with E-state index in [0.717, 1.165) is 23.3 Å². The minimum atomic E-state index is -4.03. The highest BCUT2D eigenvalue weighted by molar-refractivity contribution is 7.91. The van der Waals surface area contributed by atoms with E-state index in [0.29, 0.717) is 12.8 Å². The highest BCUT2D eigenvalue weighted by Gasteiger charge is 2.25. The highest BCUT2D eigenvalue weighted by Crippen LogP contribution is 2.33. The van der Waals surface area contributed by atoms with Gasteiger partial charge in [0.2, 0.25) is 0 Å².